The highest BCUT2D eigenvalue weighted by Crippen LogP contribution is 2.41. The average Bonchev–Trinajstić information content (AvgIpc) is 3.27. The van der Waals surface area contributed by atoms with Gasteiger partial charge in [0.25, 0.3) is 0 Å². The van der Waals surface area contributed by atoms with Crippen molar-refractivity contribution in [2.24, 2.45) is 0 Å². The second kappa shape index (κ2) is 13.0. The van der Waals surface area contributed by atoms with Crippen molar-refractivity contribution in [3.63, 3.8) is 0 Å². The molecule has 10 aromatic rings. The van der Waals surface area contributed by atoms with Gasteiger partial charge in [0.2, 0.25) is 0 Å². The van der Waals surface area contributed by atoms with Crippen molar-refractivity contribution in [1.29, 1.82) is 0 Å². The van der Waals surface area contributed by atoms with Crippen molar-refractivity contribution < 1.29 is 5.48 Å². The van der Waals surface area contributed by atoms with E-state index < -0.39 is 0 Å². The second-order valence-corrected chi connectivity index (χ2v) is 13.4. The van der Waals surface area contributed by atoms with Crippen molar-refractivity contribution in [2.75, 3.05) is 4.90 Å². The van der Waals surface area contributed by atoms with Gasteiger partial charge in [0.1, 0.15) is 0 Å². The SMILES string of the molecule is [2H]c1c([2H])c(N(c2ccc(-c3cc4ccccc4c4ccccc34)cc2)c2ccc(-c3cc4ccccc4c4ccccc34)cc2)c([2H])c([2H])c1-c1ccccc1. The zero-order chi connectivity index (χ0) is 38.6. The largest absolute Gasteiger partial charge is 0.311 e. The van der Waals surface area contributed by atoms with Crippen LogP contribution in [0, 0.1) is 0 Å². The summed E-state index contributed by atoms with van der Waals surface area (Å²) in [5.41, 5.74) is 6.88. The fourth-order valence-corrected chi connectivity index (χ4v) is 7.74. The van der Waals surface area contributed by atoms with Gasteiger partial charge in [0.05, 0.1) is 5.48 Å². The minimum Gasteiger partial charge on any atom is -0.311 e. The third-order valence-corrected chi connectivity index (χ3v) is 10.3. The van der Waals surface area contributed by atoms with Gasteiger partial charge in [0.15, 0.2) is 0 Å². The molecule has 0 bridgehead atoms. The van der Waals surface area contributed by atoms with Crippen molar-refractivity contribution in [1.82, 2.24) is 0 Å². The van der Waals surface area contributed by atoms with Crippen molar-refractivity contribution in [2.45, 2.75) is 0 Å². The molecule has 10 rings (SSSR count). The van der Waals surface area contributed by atoms with Gasteiger partial charge in [-0.05, 0) is 125 Å². The molecule has 0 aliphatic carbocycles. The van der Waals surface area contributed by atoms with Gasteiger partial charge < -0.3 is 4.90 Å². The maximum absolute atomic E-state index is 9.41. The molecule has 53 heavy (non-hydrogen) atoms. The lowest BCUT2D eigenvalue weighted by Gasteiger charge is -2.26. The summed E-state index contributed by atoms with van der Waals surface area (Å²) in [5.74, 6) is 0. The van der Waals surface area contributed by atoms with Crippen LogP contribution in [-0.4, -0.2) is 0 Å². The first-order valence-electron chi connectivity index (χ1n) is 19.9. The zero-order valence-electron chi connectivity index (χ0n) is 32.8. The van der Waals surface area contributed by atoms with E-state index in [9.17, 15) is 5.48 Å². The molecule has 248 valence electrons. The zero-order valence-corrected chi connectivity index (χ0v) is 28.8. The topological polar surface area (TPSA) is 3.24 Å². The Morgan fingerprint density at radius 1 is 0.283 bits per heavy atom. The molecule has 1 nitrogen and oxygen atoms in total. The van der Waals surface area contributed by atoms with Gasteiger partial charge in [-0.2, -0.15) is 0 Å². The molecule has 0 unspecified atom stereocenters. The monoisotopic (exact) mass is 677 g/mol. The number of hydrogen-bond acceptors (Lipinski definition) is 1. The maximum atomic E-state index is 9.41. The molecule has 0 amide bonds. The molecular weight excluding hydrogens is 639 g/mol. The van der Waals surface area contributed by atoms with Crippen molar-refractivity contribution in [3.05, 3.63) is 212 Å². The van der Waals surface area contributed by atoms with Gasteiger partial charge in [-0.1, -0.05) is 164 Å². The second-order valence-electron chi connectivity index (χ2n) is 13.4. The minimum atomic E-state index is -0.107. The highest BCUT2D eigenvalue weighted by atomic mass is 15.1. The van der Waals surface area contributed by atoms with E-state index in [-0.39, 0.29) is 35.4 Å². The number of benzene rings is 10. The minimum absolute atomic E-state index is 0.0827. The molecule has 1 heteroatoms. The third-order valence-electron chi connectivity index (χ3n) is 10.3. The van der Waals surface area contributed by atoms with Gasteiger partial charge in [-0.15, -0.1) is 0 Å². The Bertz CT molecular complexity index is 2970. The smallest absolute Gasteiger partial charge is 0.0645 e. The molecule has 0 heterocycles. The standard InChI is InChI=1S/C52H35N/c1-2-12-36(13-3-1)37-22-28-42(29-23-37)53(43-30-24-38(25-31-43)51-34-40-14-4-6-16-45(40)47-18-8-10-20-49(47)51)44-32-26-39(27-33-44)52-35-41-15-5-7-17-46(41)48-19-9-11-21-50(48)52/h1-35H/i22D,23D,28D,29D. The molecule has 0 saturated carbocycles. The number of nitrogens with zero attached hydrogens (tertiary/aromatic N) is 1. The van der Waals surface area contributed by atoms with E-state index >= 15 is 0 Å². The molecule has 0 aromatic heterocycles. The Morgan fingerprint density at radius 2 is 0.679 bits per heavy atom. The lowest BCUT2D eigenvalue weighted by atomic mass is 9.93. The molecule has 0 radical (unpaired) electrons. The highest BCUT2D eigenvalue weighted by Gasteiger charge is 2.16. The number of fused-ring (bicyclic) bond motifs is 6. The maximum Gasteiger partial charge on any atom is 0.0645 e. The summed E-state index contributed by atoms with van der Waals surface area (Å²) in [6, 6.07) is 63.6. The molecule has 0 aliphatic heterocycles. The Morgan fingerprint density at radius 3 is 1.15 bits per heavy atom. The normalized spacial score (nSPS) is 12.5. The first-order chi connectivity index (χ1) is 28.0. The van der Waals surface area contributed by atoms with Gasteiger partial charge in [-0.25, -0.2) is 0 Å². The third kappa shape index (κ3) is 5.51. The number of hydrogen-bond donors (Lipinski definition) is 0. The first kappa shape index (κ1) is 26.8. The Balaban J connectivity index is 1.14. The Labute approximate surface area is 315 Å². The van der Waals surface area contributed by atoms with Crippen LogP contribution in [0.25, 0.3) is 76.5 Å². The van der Waals surface area contributed by atoms with Crippen LogP contribution in [-0.2, 0) is 0 Å². The number of anilines is 3. The molecule has 0 fully saturated rings. The summed E-state index contributed by atoms with van der Waals surface area (Å²) in [7, 11) is 0. The molecule has 0 atom stereocenters. The van der Waals surface area contributed by atoms with Crippen LogP contribution in [0.15, 0.2) is 212 Å². The van der Waals surface area contributed by atoms with Crippen molar-refractivity contribution in [3.8, 4) is 33.4 Å². The predicted octanol–water partition coefficient (Wildman–Crippen LogP) is 14.8. The molecule has 10 aromatic carbocycles. The van der Waals surface area contributed by atoms with Gasteiger partial charge in [0, 0.05) is 17.1 Å². The van der Waals surface area contributed by atoms with Gasteiger partial charge >= 0.3 is 0 Å². The lowest BCUT2D eigenvalue weighted by Crippen LogP contribution is -2.09. The fourth-order valence-electron chi connectivity index (χ4n) is 7.74. The van der Waals surface area contributed by atoms with Crippen LogP contribution < -0.4 is 4.90 Å². The average molecular weight is 678 g/mol. The van der Waals surface area contributed by atoms with E-state index in [1.54, 1.807) is 0 Å². The summed E-state index contributed by atoms with van der Waals surface area (Å²) >= 11 is 0. The Hall–Kier alpha value is -6.96. The highest BCUT2D eigenvalue weighted by molar-refractivity contribution is 6.15. The molecular formula is C52H35N. The predicted molar refractivity (Wildman–Crippen MR) is 227 cm³/mol. The van der Waals surface area contributed by atoms with Crippen LogP contribution >= 0.6 is 0 Å². The lowest BCUT2D eigenvalue weighted by molar-refractivity contribution is 1.28. The van der Waals surface area contributed by atoms with Crippen LogP contribution in [0.5, 0.6) is 0 Å². The molecule has 0 spiro atoms. The fraction of sp³-hybridized carbons (Fsp3) is 0. The molecule has 0 aliphatic rings. The van der Waals surface area contributed by atoms with Gasteiger partial charge in [-0.3, -0.25) is 0 Å². The van der Waals surface area contributed by atoms with E-state index in [1.165, 1.54) is 32.3 Å². The van der Waals surface area contributed by atoms with E-state index in [0.29, 0.717) is 5.56 Å². The summed E-state index contributed by atoms with van der Waals surface area (Å²) in [6.45, 7) is 0. The number of rotatable bonds is 6. The Kier molecular flexibility index (Phi) is 6.56. The first-order valence-corrected chi connectivity index (χ1v) is 17.9. The van der Waals surface area contributed by atoms with E-state index in [0.717, 1.165) is 44.4 Å². The summed E-state index contributed by atoms with van der Waals surface area (Å²) in [5, 5.41) is 9.46. The van der Waals surface area contributed by atoms with E-state index in [1.807, 2.05) is 59.5 Å². The van der Waals surface area contributed by atoms with E-state index in [2.05, 4.69) is 133 Å². The summed E-state index contributed by atoms with van der Waals surface area (Å²) in [6.07, 6.45) is 0. The van der Waals surface area contributed by atoms with E-state index in [4.69, 9.17) is 0 Å². The summed E-state index contributed by atoms with van der Waals surface area (Å²) < 4.78 is 37.2. The van der Waals surface area contributed by atoms with Crippen LogP contribution in [0.3, 0.4) is 0 Å². The van der Waals surface area contributed by atoms with Crippen LogP contribution in [0.2, 0.25) is 0 Å². The van der Waals surface area contributed by atoms with Crippen LogP contribution in [0.1, 0.15) is 5.48 Å². The van der Waals surface area contributed by atoms with Crippen molar-refractivity contribution >= 4 is 60.2 Å². The quantitative estimate of drug-likeness (QED) is 0.158. The molecule has 0 N–H and O–H groups in total. The summed E-state index contributed by atoms with van der Waals surface area (Å²) in [4.78, 5) is 1.86. The van der Waals surface area contributed by atoms with Crippen LogP contribution in [0.4, 0.5) is 17.1 Å². The molecule has 0 saturated heterocycles.